The highest BCUT2D eigenvalue weighted by Gasteiger charge is 2.40. The number of ketones is 2. The second kappa shape index (κ2) is 3.22. The molecule has 2 heteroatoms. The lowest BCUT2D eigenvalue weighted by atomic mass is 10.1. The van der Waals surface area contributed by atoms with Crippen LogP contribution in [0.1, 0.15) is 18.1 Å². The van der Waals surface area contributed by atoms with Crippen LogP contribution in [-0.2, 0) is 16.0 Å². The lowest BCUT2D eigenvalue weighted by molar-refractivity contribution is -0.122. The fraction of sp³-hybridized carbons (Fsp3) is 0.167. The van der Waals surface area contributed by atoms with Crippen LogP contribution in [0.2, 0.25) is 0 Å². The van der Waals surface area contributed by atoms with E-state index in [4.69, 9.17) is 0 Å². The Morgan fingerprint density at radius 3 is 2.07 bits per heavy atom. The van der Waals surface area contributed by atoms with Gasteiger partial charge in [0.15, 0.2) is 0 Å². The van der Waals surface area contributed by atoms with Crippen molar-refractivity contribution in [3.05, 3.63) is 41.0 Å². The van der Waals surface area contributed by atoms with Gasteiger partial charge in [0.2, 0.25) is 11.6 Å². The van der Waals surface area contributed by atoms with Crippen molar-refractivity contribution in [2.75, 3.05) is 0 Å². The van der Waals surface area contributed by atoms with Crippen LogP contribution in [0.5, 0.6) is 0 Å². The van der Waals surface area contributed by atoms with Gasteiger partial charge in [0.25, 0.3) is 0 Å². The minimum Gasteiger partial charge on any atom is -0.285 e. The zero-order chi connectivity index (χ0) is 10.1. The van der Waals surface area contributed by atoms with Gasteiger partial charge >= 0.3 is 0 Å². The van der Waals surface area contributed by atoms with Crippen LogP contribution >= 0.6 is 0 Å². The highest BCUT2D eigenvalue weighted by molar-refractivity contribution is 6.75. The third kappa shape index (κ3) is 1.51. The molecule has 2 rings (SSSR count). The monoisotopic (exact) mass is 186 g/mol. The van der Waals surface area contributed by atoms with E-state index in [0.717, 1.165) is 12.0 Å². The van der Waals surface area contributed by atoms with Gasteiger partial charge in [0.05, 0.1) is 5.57 Å². The van der Waals surface area contributed by atoms with Crippen molar-refractivity contribution in [3.63, 3.8) is 0 Å². The Balaban J connectivity index is 2.23. The van der Waals surface area contributed by atoms with Crippen molar-refractivity contribution in [3.8, 4) is 0 Å². The van der Waals surface area contributed by atoms with Gasteiger partial charge in [-0.05, 0) is 23.6 Å². The summed E-state index contributed by atoms with van der Waals surface area (Å²) in [6.07, 6.45) is 2.64. The summed E-state index contributed by atoms with van der Waals surface area (Å²) in [5.74, 6) is -0.686. The molecule has 0 radical (unpaired) electrons. The molecule has 0 aromatic heterocycles. The van der Waals surface area contributed by atoms with Crippen molar-refractivity contribution in [2.45, 2.75) is 13.3 Å². The number of aryl methyl sites for hydroxylation is 1. The number of Topliss-reactive ketones (excluding diaryl/α,β-unsaturated/α-hetero) is 2. The fourth-order valence-corrected chi connectivity index (χ4v) is 1.31. The summed E-state index contributed by atoms with van der Waals surface area (Å²) < 4.78 is 0. The van der Waals surface area contributed by atoms with Gasteiger partial charge in [0, 0.05) is 0 Å². The average Bonchev–Trinajstić information content (AvgIpc) is 2.77. The number of benzene rings is 1. The SMILES string of the molecule is CCc1ccc(C=C2C(=O)C2=O)cc1. The highest BCUT2D eigenvalue weighted by atomic mass is 16.2. The van der Waals surface area contributed by atoms with Gasteiger partial charge in [-0.2, -0.15) is 0 Å². The fourth-order valence-electron chi connectivity index (χ4n) is 1.31. The van der Waals surface area contributed by atoms with E-state index >= 15 is 0 Å². The number of carbonyl (C=O) groups is 2. The number of rotatable bonds is 2. The first-order chi connectivity index (χ1) is 6.72. The molecule has 0 heterocycles. The molecule has 0 atom stereocenters. The maximum Gasteiger partial charge on any atom is 0.237 e. The lowest BCUT2D eigenvalue weighted by Gasteiger charge is -1.95. The summed E-state index contributed by atoms with van der Waals surface area (Å²) in [6.45, 7) is 2.08. The zero-order valence-corrected chi connectivity index (χ0v) is 7.91. The number of carbonyl (C=O) groups excluding carboxylic acids is 2. The summed E-state index contributed by atoms with van der Waals surface area (Å²) in [4.78, 5) is 21.5. The van der Waals surface area contributed by atoms with Crippen LogP contribution in [-0.4, -0.2) is 11.6 Å². The normalized spacial score (nSPS) is 14.5. The molecule has 0 amide bonds. The second-order valence-corrected chi connectivity index (χ2v) is 3.31. The molecule has 0 spiro atoms. The summed E-state index contributed by atoms with van der Waals surface area (Å²) in [5, 5.41) is 0. The first-order valence-electron chi connectivity index (χ1n) is 4.62. The molecule has 70 valence electrons. The first kappa shape index (κ1) is 8.88. The van der Waals surface area contributed by atoms with Gasteiger partial charge < -0.3 is 0 Å². The van der Waals surface area contributed by atoms with Gasteiger partial charge in [-0.3, -0.25) is 9.59 Å². The molecule has 1 aliphatic rings. The van der Waals surface area contributed by atoms with E-state index in [9.17, 15) is 9.59 Å². The Kier molecular flexibility index (Phi) is 2.04. The maximum atomic E-state index is 10.7. The predicted octanol–water partition coefficient (Wildman–Crippen LogP) is 1.78. The Bertz CT molecular complexity index is 408. The largest absolute Gasteiger partial charge is 0.285 e. The van der Waals surface area contributed by atoms with E-state index in [-0.39, 0.29) is 11.6 Å². The summed E-state index contributed by atoms with van der Waals surface area (Å²) >= 11 is 0. The van der Waals surface area contributed by atoms with Gasteiger partial charge in [-0.15, -0.1) is 0 Å². The van der Waals surface area contributed by atoms with E-state index in [1.807, 2.05) is 24.3 Å². The molecular weight excluding hydrogens is 176 g/mol. The van der Waals surface area contributed by atoms with E-state index in [1.54, 1.807) is 6.08 Å². The quantitative estimate of drug-likeness (QED) is 0.401. The smallest absolute Gasteiger partial charge is 0.237 e. The second-order valence-electron chi connectivity index (χ2n) is 3.31. The molecule has 1 saturated carbocycles. The molecule has 2 nitrogen and oxygen atoms in total. The molecule has 0 N–H and O–H groups in total. The van der Waals surface area contributed by atoms with E-state index in [2.05, 4.69) is 6.92 Å². The molecule has 1 aromatic rings. The zero-order valence-electron chi connectivity index (χ0n) is 7.91. The van der Waals surface area contributed by atoms with E-state index in [1.165, 1.54) is 5.56 Å². The van der Waals surface area contributed by atoms with Crippen LogP contribution in [0.4, 0.5) is 0 Å². The van der Waals surface area contributed by atoms with Crippen molar-refractivity contribution < 1.29 is 9.59 Å². The van der Waals surface area contributed by atoms with Crippen molar-refractivity contribution in [1.82, 2.24) is 0 Å². The predicted molar refractivity (Wildman–Crippen MR) is 53.8 cm³/mol. The summed E-state index contributed by atoms with van der Waals surface area (Å²) in [6, 6.07) is 7.85. The van der Waals surface area contributed by atoms with Crippen LogP contribution < -0.4 is 0 Å². The molecule has 0 unspecified atom stereocenters. The Hall–Kier alpha value is -1.70. The minimum atomic E-state index is -0.343. The molecule has 1 fully saturated rings. The van der Waals surface area contributed by atoms with E-state index in [0.29, 0.717) is 5.57 Å². The van der Waals surface area contributed by atoms with E-state index < -0.39 is 0 Å². The van der Waals surface area contributed by atoms with Gasteiger partial charge in [-0.1, -0.05) is 31.2 Å². The maximum absolute atomic E-state index is 10.7. The standard InChI is InChI=1S/C12H10O2/c1-2-8-3-5-9(6-4-8)7-10-11(13)12(10)14/h3-7H,2H2,1H3. The van der Waals surface area contributed by atoms with Crippen LogP contribution in [0.3, 0.4) is 0 Å². The molecule has 0 bridgehead atoms. The Labute approximate surface area is 82.2 Å². The third-order valence-corrected chi connectivity index (χ3v) is 2.33. The van der Waals surface area contributed by atoms with Crippen LogP contribution in [0, 0.1) is 0 Å². The van der Waals surface area contributed by atoms with Crippen molar-refractivity contribution in [1.29, 1.82) is 0 Å². The molecule has 0 aliphatic heterocycles. The number of hydrogen-bond donors (Lipinski definition) is 0. The average molecular weight is 186 g/mol. The minimum absolute atomic E-state index is 0.328. The first-order valence-corrected chi connectivity index (χ1v) is 4.62. The Morgan fingerprint density at radius 1 is 1.07 bits per heavy atom. The topological polar surface area (TPSA) is 34.1 Å². The summed E-state index contributed by atoms with van der Waals surface area (Å²) in [5.41, 5.74) is 2.49. The highest BCUT2D eigenvalue weighted by Crippen LogP contribution is 2.21. The van der Waals surface area contributed by atoms with Crippen molar-refractivity contribution >= 4 is 17.6 Å². The molecule has 1 aliphatic carbocycles. The molecule has 0 saturated heterocycles. The number of hydrogen-bond acceptors (Lipinski definition) is 2. The summed E-state index contributed by atoms with van der Waals surface area (Å²) in [7, 11) is 0. The van der Waals surface area contributed by atoms with Gasteiger partial charge in [-0.25, -0.2) is 0 Å². The molecule has 14 heavy (non-hydrogen) atoms. The van der Waals surface area contributed by atoms with Crippen LogP contribution in [0.25, 0.3) is 6.08 Å². The third-order valence-electron chi connectivity index (χ3n) is 2.33. The Morgan fingerprint density at radius 2 is 1.64 bits per heavy atom. The van der Waals surface area contributed by atoms with Gasteiger partial charge in [0.1, 0.15) is 0 Å². The molecule has 1 aromatic carbocycles. The lowest BCUT2D eigenvalue weighted by Crippen LogP contribution is -1.79. The van der Waals surface area contributed by atoms with Crippen LogP contribution in [0.15, 0.2) is 29.8 Å². The number of allylic oxidation sites excluding steroid dienone is 1. The van der Waals surface area contributed by atoms with Crippen molar-refractivity contribution in [2.24, 2.45) is 0 Å². The molecular formula is C12H10O2.